The lowest BCUT2D eigenvalue weighted by molar-refractivity contribution is -0.390. The molecule has 6 heteroatoms. The molecule has 1 heterocycles. The van der Waals surface area contributed by atoms with E-state index in [-0.39, 0.29) is 12.3 Å². The first-order valence-corrected chi connectivity index (χ1v) is 3.59. The Bertz CT molecular complexity index is 419. The smallest absolute Gasteiger partial charge is 0.407 e. The van der Waals surface area contributed by atoms with Gasteiger partial charge < -0.3 is 20.3 Å². The molecule has 1 aromatic rings. The van der Waals surface area contributed by atoms with E-state index in [1.54, 1.807) is 0 Å². The van der Waals surface area contributed by atoms with Gasteiger partial charge >= 0.3 is 5.82 Å². The van der Waals surface area contributed by atoms with E-state index < -0.39 is 16.5 Å². The lowest BCUT2D eigenvalue weighted by Crippen LogP contribution is -1.94. The molecule has 14 heavy (non-hydrogen) atoms. The Labute approximate surface area is 79.0 Å². The molecule has 0 amide bonds. The predicted octanol–water partition coefficient (Wildman–Crippen LogP) is 0.0392. The number of aliphatic hydroxyl groups is 1. The minimum absolute atomic E-state index is 0.128. The van der Waals surface area contributed by atoms with Crippen molar-refractivity contribution in [3.63, 3.8) is 0 Å². The molecule has 6 nitrogen and oxygen atoms in total. The maximum absolute atomic E-state index is 10.3. The van der Waals surface area contributed by atoms with Gasteiger partial charge in [-0.15, -0.1) is 0 Å². The zero-order valence-electron chi connectivity index (χ0n) is 6.97. The number of aromatic hydroxyl groups is 1. The molecule has 0 saturated carbocycles. The second-order valence-corrected chi connectivity index (χ2v) is 2.26. The molecule has 0 bridgehead atoms. The van der Waals surface area contributed by atoms with Crippen LogP contribution in [0.4, 0.5) is 5.82 Å². The summed E-state index contributed by atoms with van der Waals surface area (Å²) in [6.07, 6.45) is 0. The quantitative estimate of drug-likeness (QED) is 0.373. The monoisotopic (exact) mass is 194 g/mol. The van der Waals surface area contributed by atoms with Gasteiger partial charge in [0.2, 0.25) is 11.4 Å². The third-order valence-corrected chi connectivity index (χ3v) is 1.32. The molecule has 0 aliphatic heterocycles. The average Bonchev–Trinajstić information content (AvgIpc) is 2.16. The van der Waals surface area contributed by atoms with E-state index in [1.165, 1.54) is 6.07 Å². The first-order chi connectivity index (χ1) is 6.65. The third kappa shape index (κ3) is 2.18. The molecule has 0 atom stereocenters. The Hall–Kier alpha value is -2.13. The van der Waals surface area contributed by atoms with Crippen molar-refractivity contribution in [2.45, 2.75) is 0 Å². The SMILES string of the molecule is O=[N+]([O-])c1nc(C#CCO)ccc1O. The van der Waals surface area contributed by atoms with Crippen LogP contribution >= 0.6 is 0 Å². The van der Waals surface area contributed by atoms with Crippen molar-refractivity contribution in [2.75, 3.05) is 6.61 Å². The minimum Gasteiger partial charge on any atom is -0.501 e. The fourth-order valence-corrected chi connectivity index (χ4v) is 0.775. The normalized spacial score (nSPS) is 8.93. The molecule has 0 unspecified atom stereocenters. The zero-order valence-corrected chi connectivity index (χ0v) is 6.97. The van der Waals surface area contributed by atoms with Crippen molar-refractivity contribution in [3.05, 3.63) is 27.9 Å². The maximum atomic E-state index is 10.3. The summed E-state index contributed by atoms with van der Waals surface area (Å²) >= 11 is 0. The van der Waals surface area contributed by atoms with Gasteiger partial charge in [0.15, 0.2) is 0 Å². The molecule has 0 aliphatic carbocycles. The van der Waals surface area contributed by atoms with E-state index in [0.717, 1.165) is 6.07 Å². The number of aliphatic hydroxyl groups excluding tert-OH is 1. The van der Waals surface area contributed by atoms with Gasteiger partial charge in [0.1, 0.15) is 6.61 Å². The van der Waals surface area contributed by atoms with E-state index in [0.29, 0.717) is 0 Å². The van der Waals surface area contributed by atoms with Gasteiger partial charge in [-0.25, -0.2) is 0 Å². The Balaban J connectivity index is 3.13. The van der Waals surface area contributed by atoms with Crippen LogP contribution in [0.5, 0.6) is 5.75 Å². The van der Waals surface area contributed by atoms with Crippen molar-refractivity contribution in [1.82, 2.24) is 4.98 Å². The van der Waals surface area contributed by atoms with Gasteiger partial charge in [0.25, 0.3) is 0 Å². The highest BCUT2D eigenvalue weighted by Crippen LogP contribution is 2.21. The van der Waals surface area contributed by atoms with Crippen LogP contribution in [0.15, 0.2) is 12.1 Å². The van der Waals surface area contributed by atoms with Gasteiger partial charge in [-0.1, -0.05) is 5.92 Å². The first kappa shape index (κ1) is 9.95. The van der Waals surface area contributed by atoms with Gasteiger partial charge in [-0.3, -0.25) is 0 Å². The molecule has 0 saturated heterocycles. The minimum atomic E-state index is -0.806. The fraction of sp³-hybridized carbons (Fsp3) is 0.125. The van der Waals surface area contributed by atoms with E-state index >= 15 is 0 Å². The van der Waals surface area contributed by atoms with E-state index in [1.807, 2.05) is 0 Å². The second-order valence-electron chi connectivity index (χ2n) is 2.26. The summed E-state index contributed by atoms with van der Waals surface area (Å²) < 4.78 is 0. The fourth-order valence-electron chi connectivity index (χ4n) is 0.775. The van der Waals surface area contributed by atoms with Gasteiger partial charge in [0.05, 0.1) is 0 Å². The van der Waals surface area contributed by atoms with Crippen LogP contribution in [0.3, 0.4) is 0 Å². The molecule has 0 aliphatic rings. The zero-order chi connectivity index (χ0) is 10.6. The Kier molecular flexibility index (Phi) is 2.99. The van der Waals surface area contributed by atoms with Crippen molar-refractivity contribution >= 4 is 5.82 Å². The van der Waals surface area contributed by atoms with Gasteiger partial charge in [0, 0.05) is 6.07 Å². The van der Waals surface area contributed by atoms with Crippen LogP contribution in [0.1, 0.15) is 5.69 Å². The van der Waals surface area contributed by atoms with Crippen LogP contribution in [-0.2, 0) is 0 Å². The van der Waals surface area contributed by atoms with Gasteiger partial charge in [-0.05, 0) is 21.9 Å². The van der Waals surface area contributed by atoms with Crippen molar-refractivity contribution in [2.24, 2.45) is 0 Å². The third-order valence-electron chi connectivity index (χ3n) is 1.32. The summed E-state index contributed by atoms with van der Waals surface area (Å²) in [5.41, 5.74) is 0.128. The standard InChI is InChI=1S/C8H6N2O4/c11-5-1-2-6-3-4-7(12)8(9-6)10(13)14/h3-4,11-12H,5H2. The Morgan fingerprint density at radius 2 is 2.29 bits per heavy atom. The number of hydrogen-bond donors (Lipinski definition) is 2. The lowest BCUT2D eigenvalue weighted by atomic mass is 10.3. The largest absolute Gasteiger partial charge is 0.501 e. The van der Waals surface area contributed by atoms with Crippen LogP contribution in [0, 0.1) is 22.0 Å². The predicted molar refractivity (Wildman–Crippen MR) is 46.5 cm³/mol. The molecule has 0 fully saturated rings. The van der Waals surface area contributed by atoms with Crippen LogP contribution in [0.2, 0.25) is 0 Å². The van der Waals surface area contributed by atoms with Crippen molar-refractivity contribution < 1.29 is 15.1 Å². The summed E-state index contributed by atoms with van der Waals surface area (Å²) in [4.78, 5) is 13.0. The topological polar surface area (TPSA) is 96.5 Å². The molecule has 0 aromatic carbocycles. The number of aromatic nitrogens is 1. The summed E-state index contributed by atoms with van der Waals surface area (Å²) in [5, 5.41) is 27.7. The highest BCUT2D eigenvalue weighted by Gasteiger charge is 2.15. The molecular formula is C8H6N2O4. The number of pyridine rings is 1. The summed E-state index contributed by atoms with van der Waals surface area (Å²) in [5.74, 6) is 3.53. The highest BCUT2D eigenvalue weighted by atomic mass is 16.6. The first-order valence-electron chi connectivity index (χ1n) is 3.59. The highest BCUT2D eigenvalue weighted by molar-refractivity contribution is 5.42. The number of nitrogens with zero attached hydrogens (tertiary/aromatic N) is 2. The molecule has 0 spiro atoms. The molecule has 2 N–H and O–H groups in total. The molecular weight excluding hydrogens is 188 g/mol. The summed E-state index contributed by atoms with van der Waals surface area (Å²) in [7, 11) is 0. The number of hydrogen-bond acceptors (Lipinski definition) is 5. The summed E-state index contributed by atoms with van der Waals surface area (Å²) in [6.45, 7) is -0.351. The van der Waals surface area contributed by atoms with Crippen LogP contribution in [-0.4, -0.2) is 26.7 Å². The van der Waals surface area contributed by atoms with Crippen molar-refractivity contribution in [1.29, 1.82) is 0 Å². The second kappa shape index (κ2) is 4.20. The molecule has 1 rings (SSSR count). The van der Waals surface area contributed by atoms with Crippen LogP contribution < -0.4 is 0 Å². The van der Waals surface area contributed by atoms with E-state index in [4.69, 9.17) is 10.2 Å². The molecule has 1 aromatic heterocycles. The van der Waals surface area contributed by atoms with E-state index in [9.17, 15) is 10.1 Å². The summed E-state index contributed by atoms with van der Waals surface area (Å²) in [6, 6.07) is 2.46. The lowest BCUT2D eigenvalue weighted by Gasteiger charge is -1.94. The number of rotatable bonds is 1. The van der Waals surface area contributed by atoms with Crippen molar-refractivity contribution in [3.8, 4) is 17.6 Å². The van der Waals surface area contributed by atoms with Crippen LogP contribution in [0.25, 0.3) is 0 Å². The molecule has 0 radical (unpaired) electrons. The Morgan fingerprint density at radius 3 is 2.86 bits per heavy atom. The van der Waals surface area contributed by atoms with Gasteiger partial charge in [-0.2, -0.15) is 0 Å². The molecule has 72 valence electrons. The maximum Gasteiger partial charge on any atom is 0.407 e. The van der Waals surface area contributed by atoms with E-state index in [2.05, 4.69) is 16.8 Å². The average molecular weight is 194 g/mol. The number of nitro groups is 1. The Morgan fingerprint density at radius 1 is 1.57 bits per heavy atom.